The van der Waals surface area contributed by atoms with Crippen LogP contribution in [0.4, 0.5) is 13.2 Å². The second kappa shape index (κ2) is 6.19. The minimum Gasteiger partial charge on any atom is -0.312 e. The number of alkyl halides is 3. The minimum absolute atomic E-state index is 0.0610. The van der Waals surface area contributed by atoms with Crippen molar-refractivity contribution in [3.05, 3.63) is 0 Å². The third-order valence-corrected chi connectivity index (χ3v) is 5.88. The Labute approximate surface area is 117 Å². The summed E-state index contributed by atoms with van der Waals surface area (Å²) in [6.07, 6.45) is -3.10. The quantitative estimate of drug-likeness (QED) is 0.845. The van der Waals surface area contributed by atoms with Crippen molar-refractivity contribution < 1.29 is 21.6 Å². The first-order valence-corrected chi connectivity index (χ1v) is 8.81. The number of halogens is 3. The van der Waals surface area contributed by atoms with Crippen molar-refractivity contribution in [2.45, 2.75) is 31.5 Å². The average molecular weight is 314 g/mol. The molecule has 0 aliphatic carbocycles. The van der Waals surface area contributed by atoms with Crippen LogP contribution >= 0.6 is 0 Å². The number of nitrogens with one attached hydrogen (secondary N) is 1. The highest BCUT2D eigenvalue weighted by molar-refractivity contribution is 7.91. The zero-order chi connectivity index (χ0) is 14.8. The Hall–Kier alpha value is -0.340. The Kier molecular flexibility index (Phi) is 4.96. The van der Waals surface area contributed by atoms with Crippen LogP contribution < -0.4 is 5.32 Å². The molecule has 0 amide bonds. The zero-order valence-corrected chi connectivity index (χ0v) is 12.1. The number of nitrogens with zero attached hydrogens (tertiary/aromatic N) is 1. The molecule has 0 bridgehead atoms. The molecular formula is C12H21F3N2O2S. The first-order valence-electron chi connectivity index (χ1n) is 6.99. The van der Waals surface area contributed by atoms with Crippen molar-refractivity contribution in [3.63, 3.8) is 0 Å². The van der Waals surface area contributed by atoms with Crippen molar-refractivity contribution in [2.75, 3.05) is 37.7 Å². The van der Waals surface area contributed by atoms with Gasteiger partial charge in [0.05, 0.1) is 17.4 Å². The third kappa shape index (κ3) is 4.60. The predicted octanol–water partition coefficient (Wildman–Crippen LogP) is 1.04. The van der Waals surface area contributed by atoms with Gasteiger partial charge in [0.15, 0.2) is 9.84 Å². The molecule has 2 aliphatic heterocycles. The molecule has 2 aliphatic rings. The lowest BCUT2D eigenvalue weighted by Crippen LogP contribution is -2.47. The van der Waals surface area contributed by atoms with Crippen LogP contribution in [-0.2, 0) is 9.84 Å². The maximum atomic E-state index is 12.5. The van der Waals surface area contributed by atoms with Crippen molar-refractivity contribution >= 4 is 9.84 Å². The van der Waals surface area contributed by atoms with E-state index in [2.05, 4.69) is 5.32 Å². The smallest absolute Gasteiger partial charge is 0.312 e. The van der Waals surface area contributed by atoms with Crippen LogP contribution in [0.25, 0.3) is 0 Å². The van der Waals surface area contributed by atoms with Crippen LogP contribution in [0.2, 0.25) is 0 Å². The summed E-state index contributed by atoms with van der Waals surface area (Å²) in [6, 6.07) is -0.0610. The molecule has 4 nitrogen and oxygen atoms in total. The molecule has 1 atom stereocenters. The Morgan fingerprint density at radius 3 is 2.40 bits per heavy atom. The summed E-state index contributed by atoms with van der Waals surface area (Å²) in [5.41, 5.74) is 0. The van der Waals surface area contributed by atoms with Gasteiger partial charge in [-0.2, -0.15) is 13.2 Å². The fraction of sp³-hybridized carbons (Fsp3) is 1.00. The number of hydrogen-bond acceptors (Lipinski definition) is 4. The first-order chi connectivity index (χ1) is 9.26. The number of likely N-dealkylation sites (tertiary alicyclic amines) is 1. The van der Waals surface area contributed by atoms with E-state index in [0.717, 1.165) is 0 Å². The number of hydrogen-bond donors (Lipinski definition) is 1. The van der Waals surface area contributed by atoms with Crippen LogP contribution in [-0.4, -0.2) is 63.2 Å². The van der Waals surface area contributed by atoms with Crippen molar-refractivity contribution in [1.29, 1.82) is 0 Å². The van der Waals surface area contributed by atoms with Gasteiger partial charge >= 0.3 is 6.18 Å². The summed E-state index contributed by atoms with van der Waals surface area (Å²) in [5.74, 6) is -0.848. The fourth-order valence-corrected chi connectivity index (χ4v) is 4.37. The van der Waals surface area contributed by atoms with Crippen LogP contribution in [0, 0.1) is 5.92 Å². The highest BCUT2D eigenvalue weighted by Crippen LogP contribution is 2.34. The SMILES string of the molecule is O=S1(=O)CCNC(CCN2CCC(C(F)(F)F)CC2)C1. The second-order valence-electron chi connectivity index (χ2n) is 5.71. The van der Waals surface area contributed by atoms with Gasteiger partial charge in [-0.15, -0.1) is 0 Å². The van der Waals surface area contributed by atoms with Gasteiger partial charge < -0.3 is 10.2 Å². The Morgan fingerprint density at radius 1 is 1.20 bits per heavy atom. The maximum Gasteiger partial charge on any atom is 0.391 e. The normalized spacial score (nSPS) is 29.4. The van der Waals surface area contributed by atoms with Gasteiger partial charge in [0, 0.05) is 12.6 Å². The van der Waals surface area contributed by atoms with E-state index in [0.29, 0.717) is 32.6 Å². The monoisotopic (exact) mass is 314 g/mol. The molecule has 2 fully saturated rings. The Balaban J connectivity index is 1.71. The van der Waals surface area contributed by atoms with Crippen LogP contribution in [0.3, 0.4) is 0 Å². The zero-order valence-electron chi connectivity index (χ0n) is 11.3. The third-order valence-electron chi connectivity index (χ3n) is 4.15. The van der Waals surface area contributed by atoms with Crippen molar-refractivity contribution in [1.82, 2.24) is 10.2 Å². The molecule has 2 rings (SSSR count). The molecule has 118 valence electrons. The van der Waals surface area contributed by atoms with Crippen molar-refractivity contribution in [3.8, 4) is 0 Å². The first kappa shape index (κ1) is 16.0. The van der Waals surface area contributed by atoms with Crippen LogP contribution in [0.15, 0.2) is 0 Å². The van der Waals surface area contributed by atoms with E-state index in [1.807, 2.05) is 4.90 Å². The van der Waals surface area contributed by atoms with E-state index in [1.165, 1.54) is 0 Å². The number of sulfone groups is 1. The van der Waals surface area contributed by atoms with E-state index in [4.69, 9.17) is 0 Å². The lowest BCUT2D eigenvalue weighted by Gasteiger charge is -2.34. The summed E-state index contributed by atoms with van der Waals surface area (Å²) in [6.45, 7) is 2.04. The molecule has 0 aromatic rings. The molecule has 8 heteroatoms. The van der Waals surface area contributed by atoms with Crippen molar-refractivity contribution in [2.24, 2.45) is 5.92 Å². The van der Waals surface area contributed by atoms with Gasteiger partial charge in [-0.3, -0.25) is 0 Å². The largest absolute Gasteiger partial charge is 0.391 e. The van der Waals surface area contributed by atoms with Gasteiger partial charge in [-0.05, 0) is 38.9 Å². The summed E-state index contributed by atoms with van der Waals surface area (Å²) in [4.78, 5) is 2.01. The minimum atomic E-state index is -4.08. The lowest BCUT2D eigenvalue weighted by atomic mass is 9.96. The molecule has 0 aromatic carbocycles. The average Bonchev–Trinajstić information content (AvgIpc) is 2.35. The van der Waals surface area contributed by atoms with E-state index < -0.39 is 21.9 Å². The molecule has 0 spiro atoms. The predicted molar refractivity (Wildman–Crippen MR) is 70.3 cm³/mol. The molecule has 1 N–H and O–H groups in total. The fourth-order valence-electron chi connectivity index (χ4n) is 2.88. The summed E-state index contributed by atoms with van der Waals surface area (Å²) >= 11 is 0. The second-order valence-corrected chi connectivity index (χ2v) is 7.94. The summed E-state index contributed by atoms with van der Waals surface area (Å²) in [5, 5.41) is 3.16. The van der Waals surface area contributed by atoms with E-state index in [-0.39, 0.29) is 30.4 Å². The van der Waals surface area contributed by atoms with E-state index in [1.54, 1.807) is 0 Å². The molecule has 0 radical (unpaired) electrons. The number of piperidine rings is 1. The van der Waals surface area contributed by atoms with Gasteiger partial charge in [-0.25, -0.2) is 8.42 Å². The van der Waals surface area contributed by atoms with Gasteiger partial charge in [0.1, 0.15) is 0 Å². The highest BCUT2D eigenvalue weighted by Gasteiger charge is 2.41. The van der Waals surface area contributed by atoms with Crippen LogP contribution in [0.1, 0.15) is 19.3 Å². The van der Waals surface area contributed by atoms with Gasteiger partial charge in [0.25, 0.3) is 0 Å². The Morgan fingerprint density at radius 2 is 1.85 bits per heavy atom. The van der Waals surface area contributed by atoms with E-state index in [9.17, 15) is 21.6 Å². The summed E-state index contributed by atoms with van der Waals surface area (Å²) < 4.78 is 60.6. The molecule has 0 saturated carbocycles. The van der Waals surface area contributed by atoms with E-state index >= 15 is 0 Å². The topological polar surface area (TPSA) is 49.4 Å². The maximum absolute atomic E-state index is 12.5. The van der Waals surface area contributed by atoms with Gasteiger partial charge in [0.2, 0.25) is 0 Å². The molecular weight excluding hydrogens is 293 g/mol. The van der Waals surface area contributed by atoms with Crippen LogP contribution in [0.5, 0.6) is 0 Å². The lowest BCUT2D eigenvalue weighted by molar-refractivity contribution is -0.185. The number of rotatable bonds is 3. The van der Waals surface area contributed by atoms with Gasteiger partial charge in [-0.1, -0.05) is 0 Å². The Bertz CT molecular complexity index is 417. The summed E-state index contributed by atoms with van der Waals surface area (Å²) in [7, 11) is -2.94. The molecule has 20 heavy (non-hydrogen) atoms. The molecule has 2 saturated heterocycles. The molecule has 1 unspecified atom stereocenters. The standard InChI is InChI=1S/C12H21F3N2O2S/c13-12(14,15)10-1-5-17(6-2-10)7-3-11-9-20(18,19)8-4-16-11/h10-11,16H,1-9H2. The highest BCUT2D eigenvalue weighted by atomic mass is 32.2. The molecule has 2 heterocycles. The molecule has 0 aromatic heterocycles.